The number of carboxylic acid groups (broad SMARTS) is 1. The first-order chi connectivity index (χ1) is 9.06. The zero-order valence-electron chi connectivity index (χ0n) is 10.3. The van der Waals surface area contributed by atoms with E-state index < -0.39 is 11.9 Å². The number of carbonyl (C=O) groups is 2. The number of carboxylic acids is 1. The molecule has 0 bridgehead atoms. The van der Waals surface area contributed by atoms with E-state index in [0.29, 0.717) is 26.1 Å². The molecule has 0 aromatic carbocycles. The molecule has 0 radical (unpaired) electrons. The van der Waals surface area contributed by atoms with Gasteiger partial charge in [0.15, 0.2) is 0 Å². The highest BCUT2D eigenvalue weighted by molar-refractivity contribution is 9.10. The van der Waals surface area contributed by atoms with Crippen LogP contribution in [-0.4, -0.2) is 51.4 Å². The SMILES string of the molecule is O=C(O)C1CCN(C(=O)NCCn2cc(Br)cn2)C1. The van der Waals surface area contributed by atoms with Crippen LogP contribution < -0.4 is 5.32 Å². The van der Waals surface area contributed by atoms with Crippen molar-refractivity contribution in [3.05, 3.63) is 16.9 Å². The highest BCUT2D eigenvalue weighted by Gasteiger charge is 2.30. The maximum Gasteiger partial charge on any atom is 0.317 e. The molecular weight excluding hydrogens is 316 g/mol. The summed E-state index contributed by atoms with van der Waals surface area (Å²) in [5.41, 5.74) is 0. The van der Waals surface area contributed by atoms with Gasteiger partial charge in [0.1, 0.15) is 0 Å². The molecule has 2 N–H and O–H groups in total. The van der Waals surface area contributed by atoms with E-state index in [2.05, 4.69) is 26.3 Å². The molecule has 0 saturated carbocycles. The van der Waals surface area contributed by atoms with Crippen LogP contribution in [0.3, 0.4) is 0 Å². The molecule has 2 heterocycles. The Morgan fingerprint density at radius 3 is 2.95 bits per heavy atom. The molecule has 0 spiro atoms. The molecule has 19 heavy (non-hydrogen) atoms. The first-order valence-electron chi connectivity index (χ1n) is 6.00. The van der Waals surface area contributed by atoms with Gasteiger partial charge in [-0.2, -0.15) is 5.10 Å². The summed E-state index contributed by atoms with van der Waals surface area (Å²) in [7, 11) is 0. The van der Waals surface area contributed by atoms with Crippen LogP contribution in [0.2, 0.25) is 0 Å². The van der Waals surface area contributed by atoms with Crippen molar-refractivity contribution in [3.8, 4) is 0 Å². The predicted octanol–water partition coefficient (Wildman–Crippen LogP) is 0.762. The monoisotopic (exact) mass is 330 g/mol. The molecule has 0 aliphatic carbocycles. The third-order valence-corrected chi connectivity index (χ3v) is 3.45. The zero-order valence-corrected chi connectivity index (χ0v) is 11.8. The van der Waals surface area contributed by atoms with Gasteiger partial charge in [-0.15, -0.1) is 0 Å². The molecule has 1 aromatic rings. The number of rotatable bonds is 4. The number of aromatic nitrogens is 2. The Hall–Kier alpha value is -1.57. The van der Waals surface area contributed by atoms with Crippen LogP contribution in [0.4, 0.5) is 4.79 Å². The Labute approximate surface area is 118 Å². The van der Waals surface area contributed by atoms with E-state index in [4.69, 9.17) is 5.11 Å². The van der Waals surface area contributed by atoms with Gasteiger partial charge in [-0.05, 0) is 22.4 Å². The van der Waals surface area contributed by atoms with E-state index in [1.807, 2.05) is 6.20 Å². The third-order valence-electron chi connectivity index (χ3n) is 3.04. The fourth-order valence-electron chi connectivity index (χ4n) is 2.00. The van der Waals surface area contributed by atoms with Gasteiger partial charge in [-0.25, -0.2) is 4.79 Å². The van der Waals surface area contributed by atoms with Crippen LogP contribution in [0.15, 0.2) is 16.9 Å². The summed E-state index contributed by atoms with van der Waals surface area (Å²) in [5, 5.41) is 15.7. The highest BCUT2D eigenvalue weighted by Crippen LogP contribution is 2.15. The number of likely N-dealkylation sites (tertiary alicyclic amines) is 1. The molecular formula is C11H15BrN4O3. The standard InChI is InChI=1S/C11H15BrN4O3/c12-9-5-14-16(7-9)4-2-13-11(19)15-3-1-8(6-15)10(17)18/h5,7-8H,1-4,6H2,(H,13,19)(H,17,18). The number of carbonyl (C=O) groups excluding carboxylic acids is 1. The highest BCUT2D eigenvalue weighted by atomic mass is 79.9. The number of urea groups is 1. The van der Waals surface area contributed by atoms with Crippen molar-refractivity contribution in [1.29, 1.82) is 0 Å². The zero-order chi connectivity index (χ0) is 13.8. The number of aliphatic carboxylic acids is 1. The minimum atomic E-state index is -0.836. The maximum atomic E-state index is 11.8. The van der Waals surface area contributed by atoms with Gasteiger partial charge in [-0.1, -0.05) is 0 Å². The summed E-state index contributed by atoms with van der Waals surface area (Å²) < 4.78 is 2.61. The molecule has 1 atom stereocenters. The second-order valence-electron chi connectivity index (χ2n) is 4.42. The first kappa shape index (κ1) is 13.9. The topological polar surface area (TPSA) is 87.5 Å². The average Bonchev–Trinajstić information content (AvgIpc) is 2.98. The molecule has 2 rings (SSSR count). The number of halogens is 1. The number of nitrogens with one attached hydrogen (secondary N) is 1. The van der Waals surface area contributed by atoms with Gasteiger partial charge >= 0.3 is 12.0 Å². The van der Waals surface area contributed by atoms with E-state index in [-0.39, 0.29) is 12.6 Å². The van der Waals surface area contributed by atoms with Gasteiger partial charge in [0, 0.05) is 25.8 Å². The van der Waals surface area contributed by atoms with Gasteiger partial charge in [0.25, 0.3) is 0 Å². The second kappa shape index (κ2) is 6.05. The smallest absolute Gasteiger partial charge is 0.317 e. The Kier molecular flexibility index (Phi) is 4.41. The number of nitrogens with zero attached hydrogens (tertiary/aromatic N) is 3. The van der Waals surface area contributed by atoms with Crippen LogP contribution >= 0.6 is 15.9 Å². The fourth-order valence-corrected chi connectivity index (χ4v) is 2.32. The van der Waals surface area contributed by atoms with Crippen molar-refractivity contribution in [2.24, 2.45) is 5.92 Å². The van der Waals surface area contributed by atoms with E-state index in [9.17, 15) is 9.59 Å². The van der Waals surface area contributed by atoms with Crippen molar-refractivity contribution >= 4 is 27.9 Å². The first-order valence-corrected chi connectivity index (χ1v) is 6.79. The molecule has 7 nitrogen and oxygen atoms in total. The largest absolute Gasteiger partial charge is 0.481 e. The molecule has 1 fully saturated rings. The lowest BCUT2D eigenvalue weighted by Gasteiger charge is -2.16. The van der Waals surface area contributed by atoms with Crippen molar-refractivity contribution in [2.75, 3.05) is 19.6 Å². The number of hydrogen-bond acceptors (Lipinski definition) is 3. The average molecular weight is 331 g/mol. The lowest BCUT2D eigenvalue weighted by Crippen LogP contribution is -2.40. The molecule has 1 aromatic heterocycles. The van der Waals surface area contributed by atoms with Gasteiger partial charge in [0.05, 0.1) is 23.1 Å². The lowest BCUT2D eigenvalue weighted by molar-refractivity contribution is -0.141. The second-order valence-corrected chi connectivity index (χ2v) is 5.34. The summed E-state index contributed by atoms with van der Waals surface area (Å²) >= 11 is 3.29. The van der Waals surface area contributed by atoms with E-state index in [1.54, 1.807) is 10.9 Å². The Morgan fingerprint density at radius 2 is 2.37 bits per heavy atom. The summed E-state index contributed by atoms with van der Waals surface area (Å²) in [6, 6.07) is -0.213. The van der Waals surface area contributed by atoms with Crippen LogP contribution in [0, 0.1) is 5.92 Å². The molecule has 2 amide bonds. The summed E-state index contributed by atoms with van der Waals surface area (Å²) in [5.74, 6) is -1.27. The van der Waals surface area contributed by atoms with E-state index in [0.717, 1.165) is 4.47 Å². The summed E-state index contributed by atoms with van der Waals surface area (Å²) in [6.45, 7) is 1.82. The number of amides is 2. The normalized spacial score (nSPS) is 18.6. The van der Waals surface area contributed by atoms with Crippen molar-refractivity contribution in [2.45, 2.75) is 13.0 Å². The van der Waals surface area contributed by atoms with Crippen LogP contribution in [0.1, 0.15) is 6.42 Å². The molecule has 1 aliphatic heterocycles. The maximum absolute atomic E-state index is 11.8. The van der Waals surface area contributed by atoms with Crippen LogP contribution in [-0.2, 0) is 11.3 Å². The van der Waals surface area contributed by atoms with E-state index in [1.165, 1.54) is 4.90 Å². The minimum Gasteiger partial charge on any atom is -0.481 e. The minimum absolute atomic E-state index is 0.213. The van der Waals surface area contributed by atoms with Gasteiger partial charge in [-0.3, -0.25) is 9.48 Å². The molecule has 8 heteroatoms. The molecule has 1 aliphatic rings. The van der Waals surface area contributed by atoms with Crippen molar-refractivity contribution < 1.29 is 14.7 Å². The summed E-state index contributed by atoms with van der Waals surface area (Å²) in [6.07, 6.45) is 4.02. The Balaban J connectivity index is 1.72. The van der Waals surface area contributed by atoms with Gasteiger partial charge in [0.2, 0.25) is 0 Å². The van der Waals surface area contributed by atoms with Gasteiger partial charge < -0.3 is 15.3 Å². The molecule has 1 unspecified atom stereocenters. The van der Waals surface area contributed by atoms with Crippen LogP contribution in [0.5, 0.6) is 0 Å². The van der Waals surface area contributed by atoms with Crippen molar-refractivity contribution in [1.82, 2.24) is 20.0 Å². The predicted molar refractivity (Wildman–Crippen MR) is 70.6 cm³/mol. The van der Waals surface area contributed by atoms with Crippen molar-refractivity contribution in [3.63, 3.8) is 0 Å². The Bertz CT molecular complexity index is 476. The third kappa shape index (κ3) is 3.69. The molecule has 104 valence electrons. The lowest BCUT2D eigenvalue weighted by atomic mass is 10.1. The fraction of sp³-hybridized carbons (Fsp3) is 0.545. The summed E-state index contributed by atoms with van der Waals surface area (Å²) in [4.78, 5) is 24.1. The number of hydrogen-bond donors (Lipinski definition) is 2. The quantitative estimate of drug-likeness (QED) is 0.853. The van der Waals surface area contributed by atoms with E-state index >= 15 is 0 Å². The Morgan fingerprint density at radius 1 is 1.58 bits per heavy atom. The molecule has 1 saturated heterocycles. The van der Waals surface area contributed by atoms with Crippen LogP contribution in [0.25, 0.3) is 0 Å².